The molecule has 2 aromatic rings. The molecule has 0 N–H and O–H groups in total. The normalized spacial score (nSPS) is 11.0. The van der Waals surface area contributed by atoms with E-state index in [-0.39, 0.29) is 0 Å². The highest BCUT2D eigenvalue weighted by Gasteiger charge is 2.00. The first-order valence-electron chi connectivity index (χ1n) is 5.13. The van der Waals surface area contributed by atoms with Crippen molar-refractivity contribution in [1.29, 1.82) is 0 Å². The van der Waals surface area contributed by atoms with Crippen LogP contribution in [0.4, 0.5) is 0 Å². The first-order valence-corrected chi connectivity index (χ1v) is 6.80. The van der Waals surface area contributed by atoms with Gasteiger partial charge in [-0.25, -0.2) is 4.98 Å². The first kappa shape index (κ1) is 12.3. The van der Waals surface area contributed by atoms with Crippen LogP contribution in [0.15, 0.2) is 28.1 Å². The zero-order valence-electron chi connectivity index (χ0n) is 9.61. The van der Waals surface area contributed by atoms with Crippen LogP contribution in [0.1, 0.15) is 16.3 Å². The minimum atomic E-state index is 0.859. The van der Waals surface area contributed by atoms with Gasteiger partial charge in [0.2, 0.25) is 0 Å². The Morgan fingerprint density at radius 3 is 2.82 bits per heavy atom. The highest BCUT2D eigenvalue weighted by molar-refractivity contribution is 9.10. The summed E-state index contributed by atoms with van der Waals surface area (Å²) in [5.74, 6) is 0.859. The Morgan fingerprint density at radius 2 is 2.18 bits per heavy atom. The maximum absolute atomic E-state index is 5.30. The van der Waals surface area contributed by atoms with E-state index in [1.165, 1.54) is 0 Å². The Morgan fingerprint density at radius 1 is 1.35 bits per heavy atom. The molecule has 0 bridgehead atoms. The van der Waals surface area contributed by atoms with E-state index in [0.29, 0.717) is 0 Å². The molecule has 0 saturated carbocycles. The number of aryl methyl sites for hydroxylation is 1. The van der Waals surface area contributed by atoms with Gasteiger partial charge in [-0.05, 0) is 37.3 Å². The number of methoxy groups -OCH3 is 1. The monoisotopic (exact) mass is 309 g/mol. The van der Waals surface area contributed by atoms with Crippen LogP contribution in [-0.2, 0) is 0 Å². The van der Waals surface area contributed by atoms with Crippen molar-refractivity contribution in [2.45, 2.75) is 6.92 Å². The fourth-order valence-corrected chi connectivity index (χ4v) is 2.51. The van der Waals surface area contributed by atoms with Crippen LogP contribution in [0.3, 0.4) is 0 Å². The topological polar surface area (TPSA) is 22.1 Å². The molecule has 0 spiro atoms. The van der Waals surface area contributed by atoms with Crippen molar-refractivity contribution in [2.24, 2.45) is 0 Å². The summed E-state index contributed by atoms with van der Waals surface area (Å²) in [5.41, 5.74) is 2.09. The van der Waals surface area contributed by atoms with Gasteiger partial charge in [0.25, 0.3) is 0 Å². The lowest BCUT2D eigenvalue weighted by molar-refractivity contribution is 0.414. The minimum absolute atomic E-state index is 0.859. The number of aromatic nitrogens is 1. The molecule has 0 unspecified atom stereocenters. The number of rotatable bonds is 3. The molecule has 1 heterocycles. The average Bonchev–Trinajstić information content (AvgIpc) is 2.73. The van der Waals surface area contributed by atoms with Gasteiger partial charge in [0.1, 0.15) is 10.8 Å². The number of nitrogens with zero attached hydrogens (tertiary/aromatic N) is 1. The molecule has 0 atom stereocenters. The predicted octanol–water partition coefficient (Wildman–Crippen LogP) is 4.39. The third-order valence-electron chi connectivity index (χ3n) is 2.23. The van der Waals surface area contributed by atoms with Crippen LogP contribution >= 0.6 is 27.3 Å². The van der Waals surface area contributed by atoms with Gasteiger partial charge in [0, 0.05) is 21.1 Å². The van der Waals surface area contributed by atoms with E-state index in [4.69, 9.17) is 4.74 Å². The molecule has 4 heteroatoms. The van der Waals surface area contributed by atoms with Crippen molar-refractivity contribution < 1.29 is 4.74 Å². The van der Waals surface area contributed by atoms with Crippen molar-refractivity contribution in [3.05, 3.63) is 44.3 Å². The van der Waals surface area contributed by atoms with Gasteiger partial charge >= 0.3 is 0 Å². The van der Waals surface area contributed by atoms with Crippen LogP contribution in [0.2, 0.25) is 0 Å². The highest BCUT2D eigenvalue weighted by atomic mass is 79.9. The summed E-state index contributed by atoms with van der Waals surface area (Å²) in [6, 6.07) is 5.93. The Hall–Kier alpha value is -1.13. The molecule has 17 heavy (non-hydrogen) atoms. The molecule has 0 amide bonds. The maximum atomic E-state index is 5.30. The van der Waals surface area contributed by atoms with Gasteiger partial charge in [0.05, 0.1) is 7.11 Å². The molecule has 2 nitrogen and oxygen atoms in total. The summed E-state index contributed by atoms with van der Waals surface area (Å²) in [5, 5.41) is 3.04. The molecule has 1 aromatic carbocycles. The Bertz CT molecular complexity index is 548. The minimum Gasteiger partial charge on any atom is -0.496 e. The molecule has 88 valence electrons. The second-order valence-electron chi connectivity index (χ2n) is 3.55. The molecule has 2 rings (SSSR count). The molecule has 0 fully saturated rings. The number of halogens is 1. The standard InChI is InChI=1S/C13H12BrNOS/c1-9-8-17-13(15-9)6-3-10-7-11(14)4-5-12(10)16-2/h3-8H,1-2H3/b6-3+. The van der Waals surface area contributed by atoms with Crippen molar-refractivity contribution in [2.75, 3.05) is 7.11 Å². The van der Waals surface area contributed by atoms with E-state index >= 15 is 0 Å². The Kier molecular flexibility index (Phi) is 3.97. The number of benzene rings is 1. The van der Waals surface area contributed by atoms with Gasteiger partial charge in [-0.2, -0.15) is 0 Å². The largest absolute Gasteiger partial charge is 0.496 e. The summed E-state index contributed by atoms with van der Waals surface area (Å²) in [7, 11) is 1.67. The first-order chi connectivity index (χ1) is 8.19. The fraction of sp³-hybridized carbons (Fsp3) is 0.154. The molecule has 0 aliphatic rings. The maximum Gasteiger partial charge on any atom is 0.126 e. The summed E-state index contributed by atoms with van der Waals surface area (Å²) in [6.07, 6.45) is 4.02. The lowest BCUT2D eigenvalue weighted by Crippen LogP contribution is -1.86. The van der Waals surface area contributed by atoms with Gasteiger partial charge in [0.15, 0.2) is 0 Å². The van der Waals surface area contributed by atoms with Crippen molar-refractivity contribution in [3.63, 3.8) is 0 Å². The zero-order valence-corrected chi connectivity index (χ0v) is 12.0. The van der Waals surface area contributed by atoms with E-state index in [1.807, 2.05) is 42.7 Å². The van der Waals surface area contributed by atoms with Crippen LogP contribution in [0.5, 0.6) is 5.75 Å². The van der Waals surface area contributed by atoms with Crippen LogP contribution < -0.4 is 4.74 Å². The van der Waals surface area contributed by atoms with Gasteiger partial charge in [-0.1, -0.05) is 15.9 Å². The summed E-state index contributed by atoms with van der Waals surface area (Å²) < 4.78 is 6.34. The van der Waals surface area contributed by atoms with Crippen LogP contribution in [-0.4, -0.2) is 12.1 Å². The lowest BCUT2D eigenvalue weighted by atomic mass is 10.2. The zero-order chi connectivity index (χ0) is 12.3. The SMILES string of the molecule is COc1ccc(Br)cc1/C=C/c1nc(C)cs1. The van der Waals surface area contributed by atoms with Crippen molar-refractivity contribution in [3.8, 4) is 5.75 Å². The van der Waals surface area contributed by atoms with Crippen molar-refractivity contribution in [1.82, 2.24) is 4.98 Å². The highest BCUT2D eigenvalue weighted by Crippen LogP contribution is 2.25. The van der Waals surface area contributed by atoms with Gasteiger partial charge in [-0.3, -0.25) is 0 Å². The summed E-state index contributed by atoms with van der Waals surface area (Å²) in [6.45, 7) is 1.99. The summed E-state index contributed by atoms with van der Waals surface area (Å²) in [4.78, 5) is 4.38. The van der Waals surface area contributed by atoms with E-state index in [2.05, 4.69) is 20.9 Å². The lowest BCUT2D eigenvalue weighted by Gasteiger charge is -2.04. The summed E-state index contributed by atoms with van der Waals surface area (Å²) >= 11 is 5.09. The Labute approximate surface area is 113 Å². The quantitative estimate of drug-likeness (QED) is 0.838. The van der Waals surface area contributed by atoms with Gasteiger partial charge < -0.3 is 4.74 Å². The van der Waals surface area contributed by atoms with Gasteiger partial charge in [-0.15, -0.1) is 11.3 Å². The molecule has 1 aromatic heterocycles. The van der Waals surface area contributed by atoms with Crippen molar-refractivity contribution >= 4 is 39.4 Å². The number of ether oxygens (including phenoxy) is 1. The molecular weight excluding hydrogens is 298 g/mol. The number of thiazole rings is 1. The van der Waals surface area contributed by atoms with E-state index in [9.17, 15) is 0 Å². The molecule has 0 aliphatic heterocycles. The molecular formula is C13H12BrNOS. The smallest absolute Gasteiger partial charge is 0.126 e. The number of hydrogen-bond donors (Lipinski definition) is 0. The molecule has 0 aliphatic carbocycles. The molecule has 0 radical (unpaired) electrons. The average molecular weight is 310 g/mol. The van der Waals surface area contributed by atoms with E-state index in [1.54, 1.807) is 18.4 Å². The van der Waals surface area contributed by atoms with Crippen LogP contribution in [0.25, 0.3) is 12.2 Å². The Balaban J connectivity index is 2.28. The van der Waals surface area contributed by atoms with E-state index < -0.39 is 0 Å². The predicted molar refractivity (Wildman–Crippen MR) is 76.5 cm³/mol. The van der Waals surface area contributed by atoms with Crippen LogP contribution in [0, 0.1) is 6.92 Å². The second kappa shape index (κ2) is 5.47. The number of hydrogen-bond acceptors (Lipinski definition) is 3. The fourth-order valence-electron chi connectivity index (χ4n) is 1.45. The second-order valence-corrected chi connectivity index (χ2v) is 5.35. The molecule has 0 saturated heterocycles. The third kappa shape index (κ3) is 3.17. The third-order valence-corrected chi connectivity index (χ3v) is 3.66. The van der Waals surface area contributed by atoms with E-state index in [0.717, 1.165) is 26.5 Å².